The van der Waals surface area contributed by atoms with Gasteiger partial charge < -0.3 is 0 Å². The lowest BCUT2D eigenvalue weighted by Crippen LogP contribution is -2.28. The van der Waals surface area contributed by atoms with Crippen LogP contribution in [0.1, 0.15) is 31.9 Å². The van der Waals surface area contributed by atoms with Crippen LogP contribution in [0.2, 0.25) is 0 Å². The molecule has 0 amide bonds. The van der Waals surface area contributed by atoms with E-state index in [9.17, 15) is 4.39 Å². The third-order valence-corrected chi connectivity index (χ3v) is 4.88. The van der Waals surface area contributed by atoms with Crippen LogP contribution in [0.4, 0.5) is 4.39 Å². The van der Waals surface area contributed by atoms with Crippen LogP contribution >= 0.6 is 15.9 Å². The second-order valence-electron chi connectivity index (χ2n) is 5.19. The molecule has 0 saturated heterocycles. The fourth-order valence-electron chi connectivity index (χ4n) is 1.70. The van der Waals surface area contributed by atoms with Gasteiger partial charge in [-0.2, -0.15) is 0 Å². The molecule has 0 aliphatic carbocycles. The Balaban J connectivity index is 2.95. The standard InChI is InChI=1S/C14H20BrF/c1-10(2)14(4,9-15)8-12-5-6-13(16)7-11(12)3/h5-7,10H,8-9H2,1-4H3. The second kappa shape index (κ2) is 5.31. The van der Waals surface area contributed by atoms with Gasteiger partial charge in [-0.25, -0.2) is 4.39 Å². The number of alkyl halides is 1. The van der Waals surface area contributed by atoms with E-state index < -0.39 is 0 Å². The van der Waals surface area contributed by atoms with Crippen molar-refractivity contribution in [2.45, 2.75) is 34.1 Å². The van der Waals surface area contributed by atoms with Crippen LogP contribution in [-0.4, -0.2) is 5.33 Å². The van der Waals surface area contributed by atoms with Crippen LogP contribution in [0.3, 0.4) is 0 Å². The average Bonchev–Trinajstić information content (AvgIpc) is 2.22. The lowest BCUT2D eigenvalue weighted by Gasteiger charge is -2.32. The Morgan fingerprint density at radius 1 is 1.38 bits per heavy atom. The van der Waals surface area contributed by atoms with E-state index in [4.69, 9.17) is 0 Å². The lowest BCUT2D eigenvalue weighted by molar-refractivity contribution is 0.257. The Labute approximate surface area is 106 Å². The van der Waals surface area contributed by atoms with Gasteiger partial charge in [-0.1, -0.05) is 42.8 Å². The summed E-state index contributed by atoms with van der Waals surface area (Å²) in [6, 6.07) is 5.08. The van der Waals surface area contributed by atoms with Crippen molar-refractivity contribution in [2.75, 3.05) is 5.33 Å². The van der Waals surface area contributed by atoms with Gasteiger partial charge in [0.2, 0.25) is 0 Å². The zero-order valence-electron chi connectivity index (χ0n) is 10.5. The molecule has 1 unspecified atom stereocenters. The molecule has 0 saturated carbocycles. The molecule has 0 aliphatic heterocycles. The largest absolute Gasteiger partial charge is 0.207 e. The van der Waals surface area contributed by atoms with Gasteiger partial charge in [0.05, 0.1) is 0 Å². The number of benzene rings is 1. The SMILES string of the molecule is Cc1cc(F)ccc1CC(C)(CBr)C(C)C. The van der Waals surface area contributed by atoms with E-state index in [1.165, 1.54) is 5.56 Å². The Kier molecular flexibility index (Phi) is 4.54. The smallest absolute Gasteiger partial charge is 0.123 e. The van der Waals surface area contributed by atoms with E-state index in [0.29, 0.717) is 5.92 Å². The average molecular weight is 287 g/mol. The molecule has 0 radical (unpaired) electrons. The first-order chi connectivity index (χ1) is 7.39. The molecule has 0 aromatic heterocycles. The number of rotatable bonds is 4. The predicted molar refractivity (Wildman–Crippen MR) is 71.6 cm³/mol. The fourth-order valence-corrected chi connectivity index (χ4v) is 2.54. The highest BCUT2D eigenvalue weighted by atomic mass is 79.9. The summed E-state index contributed by atoms with van der Waals surface area (Å²) in [4.78, 5) is 0. The molecular formula is C14H20BrF. The van der Waals surface area contributed by atoms with E-state index >= 15 is 0 Å². The molecule has 2 heteroatoms. The zero-order valence-corrected chi connectivity index (χ0v) is 12.1. The molecule has 0 fully saturated rings. The summed E-state index contributed by atoms with van der Waals surface area (Å²) in [5, 5.41) is 0.967. The highest BCUT2D eigenvalue weighted by Gasteiger charge is 2.27. The minimum Gasteiger partial charge on any atom is -0.207 e. The molecule has 1 aromatic rings. The maximum atomic E-state index is 13.0. The first-order valence-electron chi connectivity index (χ1n) is 5.70. The maximum Gasteiger partial charge on any atom is 0.123 e. The number of hydrogen-bond donors (Lipinski definition) is 0. The van der Waals surface area contributed by atoms with Crippen molar-refractivity contribution in [3.8, 4) is 0 Å². The van der Waals surface area contributed by atoms with Crippen molar-refractivity contribution in [3.05, 3.63) is 35.1 Å². The molecule has 0 bridgehead atoms. The Hall–Kier alpha value is -0.370. The fraction of sp³-hybridized carbons (Fsp3) is 0.571. The van der Waals surface area contributed by atoms with Crippen molar-refractivity contribution in [1.29, 1.82) is 0 Å². The quantitative estimate of drug-likeness (QED) is 0.702. The Bertz CT molecular complexity index is 360. The predicted octanol–water partition coefficient (Wildman–Crippen LogP) is 4.73. The molecule has 1 rings (SSSR count). The van der Waals surface area contributed by atoms with Crippen LogP contribution in [-0.2, 0) is 6.42 Å². The Morgan fingerprint density at radius 2 is 2.00 bits per heavy atom. The van der Waals surface area contributed by atoms with E-state index in [2.05, 4.69) is 36.7 Å². The molecule has 0 N–H and O–H groups in total. The van der Waals surface area contributed by atoms with Crippen LogP contribution in [0.5, 0.6) is 0 Å². The zero-order chi connectivity index (χ0) is 12.3. The van der Waals surface area contributed by atoms with Gasteiger partial charge in [-0.05, 0) is 47.9 Å². The normalized spacial score (nSPS) is 15.2. The molecule has 0 aliphatic rings. The van der Waals surface area contributed by atoms with Crippen LogP contribution < -0.4 is 0 Å². The number of halogens is 2. The highest BCUT2D eigenvalue weighted by Crippen LogP contribution is 2.34. The highest BCUT2D eigenvalue weighted by molar-refractivity contribution is 9.09. The van der Waals surface area contributed by atoms with E-state index in [-0.39, 0.29) is 11.2 Å². The van der Waals surface area contributed by atoms with Gasteiger partial charge in [0.25, 0.3) is 0 Å². The van der Waals surface area contributed by atoms with Gasteiger partial charge >= 0.3 is 0 Å². The van der Waals surface area contributed by atoms with Crippen molar-refractivity contribution < 1.29 is 4.39 Å². The van der Waals surface area contributed by atoms with Crippen LogP contribution in [0.15, 0.2) is 18.2 Å². The third kappa shape index (κ3) is 3.07. The van der Waals surface area contributed by atoms with Gasteiger partial charge in [0.1, 0.15) is 5.82 Å². The summed E-state index contributed by atoms with van der Waals surface area (Å²) in [6.07, 6.45) is 0.988. The molecule has 0 spiro atoms. The van der Waals surface area contributed by atoms with Crippen molar-refractivity contribution in [3.63, 3.8) is 0 Å². The van der Waals surface area contributed by atoms with Crippen molar-refractivity contribution >= 4 is 15.9 Å². The molecule has 1 atom stereocenters. The first kappa shape index (κ1) is 13.7. The monoisotopic (exact) mass is 286 g/mol. The lowest BCUT2D eigenvalue weighted by atomic mass is 9.75. The molecular weight excluding hydrogens is 267 g/mol. The van der Waals surface area contributed by atoms with Crippen LogP contribution in [0.25, 0.3) is 0 Å². The third-order valence-electron chi connectivity index (χ3n) is 3.60. The summed E-state index contributed by atoms with van der Waals surface area (Å²) in [5.41, 5.74) is 2.52. The van der Waals surface area contributed by atoms with Gasteiger partial charge in [-0.3, -0.25) is 0 Å². The number of aryl methyl sites for hydroxylation is 1. The molecule has 16 heavy (non-hydrogen) atoms. The van der Waals surface area contributed by atoms with Crippen LogP contribution in [0, 0.1) is 24.1 Å². The van der Waals surface area contributed by atoms with E-state index in [1.807, 2.05) is 13.0 Å². The minimum absolute atomic E-state index is 0.147. The number of hydrogen-bond acceptors (Lipinski definition) is 0. The Morgan fingerprint density at radius 3 is 2.44 bits per heavy atom. The summed E-state index contributed by atoms with van der Waals surface area (Å²) in [5.74, 6) is 0.447. The minimum atomic E-state index is -0.147. The van der Waals surface area contributed by atoms with Crippen molar-refractivity contribution in [1.82, 2.24) is 0 Å². The molecule has 90 valence electrons. The molecule has 1 aromatic carbocycles. The molecule has 0 heterocycles. The summed E-state index contributed by atoms with van der Waals surface area (Å²) >= 11 is 3.59. The van der Waals surface area contributed by atoms with E-state index in [1.54, 1.807) is 12.1 Å². The first-order valence-corrected chi connectivity index (χ1v) is 6.82. The summed E-state index contributed by atoms with van der Waals surface area (Å²) in [7, 11) is 0. The van der Waals surface area contributed by atoms with E-state index in [0.717, 1.165) is 17.3 Å². The topological polar surface area (TPSA) is 0 Å². The summed E-state index contributed by atoms with van der Waals surface area (Å²) in [6.45, 7) is 8.73. The summed E-state index contributed by atoms with van der Waals surface area (Å²) < 4.78 is 13.0. The van der Waals surface area contributed by atoms with Crippen molar-refractivity contribution in [2.24, 2.45) is 11.3 Å². The van der Waals surface area contributed by atoms with Gasteiger partial charge in [0, 0.05) is 5.33 Å². The maximum absolute atomic E-state index is 13.0. The molecule has 0 nitrogen and oxygen atoms in total. The van der Waals surface area contributed by atoms with Gasteiger partial charge in [0.15, 0.2) is 0 Å². The van der Waals surface area contributed by atoms with Gasteiger partial charge in [-0.15, -0.1) is 0 Å². The second-order valence-corrected chi connectivity index (χ2v) is 5.75.